The van der Waals surface area contributed by atoms with Crippen LogP contribution in [0.1, 0.15) is 48.5 Å². The van der Waals surface area contributed by atoms with Gasteiger partial charge >= 0.3 is 0 Å². The van der Waals surface area contributed by atoms with Crippen molar-refractivity contribution in [2.24, 2.45) is 16.7 Å². The summed E-state index contributed by atoms with van der Waals surface area (Å²) in [6.07, 6.45) is 0. The highest BCUT2D eigenvalue weighted by Gasteiger charge is 2.38. The highest BCUT2D eigenvalue weighted by Crippen LogP contribution is 2.41. The maximum absolute atomic E-state index is 5.49. The summed E-state index contributed by atoms with van der Waals surface area (Å²) in [7, 11) is 0. The van der Waals surface area contributed by atoms with Crippen molar-refractivity contribution in [3.63, 3.8) is 0 Å². The van der Waals surface area contributed by atoms with Crippen molar-refractivity contribution in [1.82, 2.24) is 0 Å². The van der Waals surface area contributed by atoms with E-state index in [2.05, 4.69) is 41.5 Å². The Labute approximate surface area is 94.2 Å². The molecule has 1 nitrogen and oxygen atoms in total. The van der Waals surface area contributed by atoms with Crippen LogP contribution in [0.25, 0.3) is 0 Å². The summed E-state index contributed by atoms with van der Waals surface area (Å²) in [5.41, 5.74) is 0.314. The van der Waals surface area contributed by atoms with Crippen LogP contribution in [-0.2, 0) is 4.74 Å². The molecule has 0 aromatic heterocycles. The predicted octanol–water partition coefficient (Wildman–Crippen LogP) is 4.06. The van der Waals surface area contributed by atoms with Gasteiger partial charge in [-0.25, -0.2) is 0 Å². The smallest absolute Gasteiger partial charge is 0.163 e. The Hall–Kier alpha value is -0.110. The standard InChI is InChI=1S/C12H24OS/c1-8-13-10(14)9(11(2,3)4)12(5,6)7/h9H,8H2,1-7H3. The lowest BCUT2D eigenvalue weighted by Crippen LogP contribution is -2.39. The van der Waals surface area contributed by atoms with Crippen LogP contribution in [0.5, 0.6) is 0 Å². The molecule has 0 bridgehead atoms. The fraction of sp³-hybridized carbons (Fsp3) is 0.917. The zero-order chi connectivity index (χ0) is 11.6. The molecule has 0 aliphatic carbocycles. The summed E-state index contributed by atoms with van der Waals surface area (Å²) in [5.74, 6) is 0.310. The molecule has 14 heavy (non-hydrogen) atoms. The SMILES string of the molecule is CCOC(=S)C(C(C)(C)C)C(C)(C)C. The minimum absolute atomic E-state index is 0.157. The first-order valence-corrected chi connectivity index (χ1v) is 5.68. The molecule has 0 aromatic carbocycles. The number of ether oxygens (including phenoxy) is 1. The molecule has 0 spiro atoms. The van der Waals surface area contributed by atoms with Crippen molar-refractivity contribution < 1.29 is 4.74 Å². The Bertz CT molecular complexity index is 181. The van der Waals surface area contributed by atoms with Crippen LogP contribution in [0.2, 0.25) is 0 Å². The first-order valence-electron chi connectivity index (χ1n) is 5.27. The van der Waals surface area contributed by atoms with E-state index in [0.29, 0.717) is 12.5 Å². The number of hydrogen-bond acceptors (Lipinski definition) is 2. The van der Waals surface area contributed by atoms with Crippen molar-refractivity contribution in [2.45, 2.75) is 48.5 Å². The van der Waals surface area contributed by atoms with E-state index in [9.17, 15) is 0 Å². The van der Waals surface area contributed by atoms with E-state index in [4.69, 9.17) is 17.0 Å². The van der Waals surface area contributed by atoms with Crippen molar-refractivity contribution in [3.8, 4) is 0 Å². The van der Waals surface area contributed by atoms with Gasteiger partial charge in [-0.15, -0.1) is 0 Å². The molecule has 0 aliphatic heterocycles. The molecular weight excluding hydrogens is 192 g/mol. The predicted molar refractivity (Wildman–Crippen MR) is 66.6 cm³/mol. The average Bonchev–Trinajstić information content (AvgIpc) is 1.78. The Morgan fingerprint density at radius 2 is 1.43 bits per heavy atom. The lowest BCUT2D eigenvalue weighted by atomic mass is 9.67. The zero-order valence-electron chi connectivity index (χ0n) is 10.6. The van der Waals surface area contributed by atoms with Gasteiger partial charge in [-0.3, -0.25) is 0 Å². The highest BCUT2D eigenvalue weighted by atomic mass is 32.1. The highest BCUT2D eigenvalue weighted by molar-refractivity contribution is 7.80. The van der Waals surface area contributed by atoms with Gasteiger partial charge in [0.05, 0.1) is 6.61 Å². The quantitative estimate of drug-likeness (QED) is 0.644. The van der Waals surface area contributed by atoms with E-state index < -0.39 is 0 Å². The molecule has 0 heterocycles. The topological polar surface area (TPSA) is 9.23 Å². The second kappa shape index (κ2) is 4.61. The van der Waals surface area contributed by atoms with E-state index in [1.54, 1.807) is 0 Å². The summed E-state index contributed by atoms with van der Waals surface area (Å²) in [5, 5.41) is 0.757. The molecule has 0 rings (SSSR count). The number of thiocarbonyl (C=S) groups is 1. The van der Waals surface area contributed by atoms with Gasteiger partial charge in [0.2, 0.25) is 0 Å². The van der Waals surface area contributed by atoms with Gasteiger partial charge in [0.1, 0.15) is 0 Å². The summed E-state index contributed by atoms with van der Waals surface area (Å²) < 4.78 is 5.49. The van der Waals surface area contributed by atoms with E-state index in [0.717, 1.165) is 5.05 Å². The van der Waals surface area contributed by atoms with Crippen LogP contribution in [0.3, 0.4) is 0 Å². The minimum Gasteiger partial charge on any atom is -0.487 e. The van der Waals surface area contributed by atoms with Crippen molar-refractivity contribution >= 4 is 17.3 Å². The maximum Gasteiger partial charge on any atom is 0.163 e. The van der Waals surface area contributed by atoms with Crippen LogP contribution in [-0.4, -0.2) is 11.7 Å². The molecule has 84 valence electrons. The molecule has 0 fully saturated rings. The summed E-state index contributed by atoms with van der Waals surface area (Å²) >= 11 is 5.35. The Balaban J connectivity index is 4.84. The Morgan fingerprint density at radius 3 is 1.64 bits per heavy atom. The fourth-order valence-corrected chi connectivity index (χ4v) is 3.06. The molecule has 0 aromatic rings. The monoisotopic (exact) mass is 216 g/mol. The van der Waals surface area contributed by atoms with Gasteiger partial charge in [0.15, 0.2) is 5.05 Å². The van der Waals surface area contributed by atoms with Crippen LogP contribution in [0.15, 0.2) is 0 Å². The van der Waals surface area contributed by atoms with Crippen molar-refractivity contribution in [3.05, 3.63) is 0 Å². The molecule has 0 aliphatic rings. The molecule has 0 radical (unpaired) electrons. The molecular formula is C12H24OS. The molecule has 2 heteroatoms. The van der Waals surface area contributed by atoms with E-state index in [1.165, 1.54) is 0 Å². The average molecular weight is 216 g/mol. The fourth-order valence-electron chi connectivity index (χ4n) is 2.23. The first-order chi connectivity index (χ1) is 6.10. The van der Waals surface area contributed by atoms with Crippen LogP contribution < -0.4 is 0 Å². The molecule has 0 atom stereocenters. The maximum atomic E-state index is 5.49. The van der Waals surface area contributed by atoms with Gasteiger partial charge in [-0.05, 0) is 30.0 Å². The van der Waals surface area contributed by atoms with Gasteiger partial charge in [0, 0.05) is 5.92 Å². The van der Waals surface area contributed by atoms with Gasteiger partial charge < -0.3 is 4.74 Å². The van der Waals surface area contributed by atoms with E-state index in [-0.39, 0.29) is 10.8 Å². The van der Waals surface area contributed by atoms with E-state index in [1.807, 2.05) is 6.92 Å². The lowest BCUT2D eigenvalue weighted by molar-refractivity contribution is 0.137. The zero-order valence-corrected chi connectivity index (χ0v) is 11.4. The molecule has 0 amide bonds. The van der Waals surface area contributed by atoms with Gasteiger partial charge in [0.25, 0.3) is 0 Å². The first kappa shape index (κ1) is 13.9. The third kappa shape index (κ3) is 3.95. The third-order valence-electron chi connectivity index (χ3n) is 2.25. The third-order valence-corrected chi connectivity index (χ3v) is 2.61. The summed E-state index contributed by atoms with van der Waals surface area (Å²) in [6.45, 7) is 15.9. The summed E-state index contributed by atoms with van der Waals surface area (Å²) in [6, 6.07) is 0. The van der Waals surface area contributed by atoms with Gasteiger partial charge in [-0.1, -0.05) is 41.5 Å². The normalized spacial score (nSPS) is 13.1. The van der Waals surface area contributed by atoms with Crippen LogP contribution in [0.4, 0.5) is 0 Å². The molecule has 0 saturated carbocycles. The second-order valence-electron chi connectivity index (χ2n) is 5.92. The molecule has 0 saturated heterocycles. The molecule has 0 N–H and O–H groups in total. The van der Waals surface area contributed by atoms with Crippen molar-refractivity contribution in [1.29, 1.82) is 0 Å². The number of rotatable bonds is 2. The lowest BCUT2D eigenvalue weighted by Gasteiger charge is -2.40. The van der Waals surface area contributed by atoms with E-state index >= 15 is 0 Å². The largest absolute Gasteiger partial charge is 0.487 e. The Kier molecular flexibility index (Phi) is 4.57. The van der Waals surface area contributed by atoms with Crippen molar-refractivity contribution in [2.75, 3.05) is 6.61 Å². The van der Waals surface area contributed by atoms with Gasteiger partial charge in [-0.2, -0.15) is 0 Å². The minimum atomic E-state index is 0.157. The number of hydrogen-bond donors (Lipinski definition) is 0. The van der Waals surface area contributed by atoms with Crippen LogP contribution in [0, 0.1) is 16.7 Å². The second-order valence-corrected chi connectivity index (χ2v) is 6.32. The summed E-state index contributed by atoms with van der Waals surface area (Å²) in [4.78, 5) is 0. The Morgan fingerprint density at radius 1 is 1.07 bits per heavy atom. The van der Waals surface area contributed by atoms with Crippen LogP contribution >= 0.6 is 12.2 Å². The molecule has 0 unspecified atom stereocenters.